The van der Waals surface area contributed by atoms with Crippen molar-refractivity contribution in [2.24, 2.45) is 0 Å². The Kier molecular flexibility index (Phi) is 5.15. The van der Waals surface area contributed by atoms with Crippen molar-refractivity contribution in [1.29, 1.82) is 0 Å². The van der Waals surface area contributed by atoms with Crippen LogP contribution in [0.4, 0.5) is 0 Å². The third kappa shape index (κ3) is 3.60. The van der Waals surface area contributed by atoms with Crippen molar-refractivity contribution in [3.63, 3.8) is 0 Å². The molecule has 0 aliphatic carbocycles. The third-order valence-corrected chi connectivity index (χ3v) is 4.63. The van der Waals surface area contributed by atoms with Gasteiger partial charge >= 0.3 is 0 Å². The standard InChI is InChI=1S/C13H25NO2S/c1-3-11(9-17-2)14-12-4-6-16-13(8-12)5-7-15-10-13/h11-12,14H,3-10H2,1-2H3. The first-order valence-electron chi connectivity index (χ1n) is 6.75. The Morgan fingerprint density at radius 2 is 2.35 bits per heavy atom. The second kappa shape index (κ2) is 6.41. The van der Waals surface area contributed by atoms with Crippen molar-refractivity contribution in [2.45, 2.75) is 50.3 Å². The van der Waals surface area contributed by atoms with E-state index < -0.39 is 0 Å². The van der Waals surface area contributed by atoms with E-state index in [-0.39, 0.29) is 5.60 Å². The molecule has 2 saturated heterocycles. The van der Waals surface area contributed by atoms with Crippen molar-refractivity contribution in [3.8, 4) is 0 Å². The molecule has 2 fully saturated rings. The quantitative estimate of drug-likeness (QED) is 0.818. The summed E-state index contributed by atoms with van der Waals surface area (Å²) in [7, 11) is 0. The van der Waals surface area contributed by atoms with Gasteiger partial charge in [-0.3, -0.25) is 0 Å². The number of thioether (sulfide) groups is 1. The van der Waals surface area contributed by atoms with Crippen LogP contribution in [0.25, 0.3) is 0 Å². The van der Waals surface area contributed by atoms with Crippen LogP contribution in [0, 0.1) is 0 Å². The van der Waals surface area contributed by atoms with Crippen LogP contribution in [-0.2, 0) is 9.47 Å². The molecule has 3 nitrogen and oxygen atoms in total. The van der Waals surface area contributed by atoms with Gasteiger partial charge in [-0.25, -0.2) is 0 Å². The zero-order chi connectivity index (χ0) is 12.1. The maximum absolute atomic E-state index is 5.96. The summed E-state index contributed by atoms with van der Waals surface area (Å²) in [5.74, 6) is 1.21. The maximum Gasteiger partial charge on any atom is 0.0951 e. The minimum Gasteiger partial charge on any atom is -0.378 e. The number of ether oxygens (including phenoxy) is 2. The summed E-state index contributed by atoms with van der Waals surface area (Å²) in [5, 5.41) is 3.80. The molecule has 2 heterocycles. The highest BCUT2D eigenvalue weighted by Gasteiger charge is 2.41. The Bertz CT molecular complexity index is 231. The molecular weight excluding hydrogens is 234 g/mol. The van der Waals surface area contributed by atoms with E-state index in [0.717, 1.165) is 39.1 Å². The molecule has 0 aromatic heterocycles. The predicted molar refractivity (Wildman–Crippen MR) is 72.7 cm³/mol. The van der Waals surface area contributed by atoms with Gasteiger partial charge in [0.15, 0.2) is 0 Å². The van der Waals surface area contributed by atoms with Crippen molar-refractivity contribution >= 4 is 11.8 Å². The normalized spacial score (nSPS) is 35.3. The predicted octanol–water partition coefficient (Wildman–Crippen LogP) is 2.06. The van der Waals surface area contributed by atoms with Crippen LogP contribution in [0.1, 0.15) is 32.6 Å². The molecule has 1 spiro atoms. The van der Waals surface area contributed by atoms with Crippen molar-refractivity contribution in [2.75, 3.05) is 31.8 Å². The smallest absolute Gasteiger partial charge is 0.0951 e. The molecule has 3 unspecified atom stereocenters. The molecule has 2 aliphatic heterocycles. The SMILES string of the molecule is CCC(CSC)NC1CCOC2(CCOC2)C1. The van der Waals surface area contributed by atoms with Crippen LogP contribution in [0.5, 0.6) is 0 Å². The van der Waals surface area contributed by atoms with Gasteiger partial charge in [0, 0.05) is 37.5 Å². The second-order valence-corrected chi connectivity index (χ2v) is 6.16. The molecule has 0 aromatic carbocycles. The Hall–Kier alpha value is 0.230. The molecule has 0 saturated carbocycles. The number of nitrogens with one attached hydrogen (secondary N) is 1. The Balaban J connectivity index is 1.84. The van der Waals surface area contributed by atoms with Crippen LogP contribution >= 0.6 is 11.8 Å². The summed E-state index contributed by atoms with van der Waals surface area (Å²) in [6.45, 7) is 4.82. The van der Waals surface area contributed by atoms with Crippen LogP contribution in [0.2, 0.25) is 0 Å². The monoisotopic (exact) mass is 259 g/mol. The fraction of sp³-hybridized carbons (Fsp3) is 1.00. The lowest BCUT2D eigenvalue weighted by Gasteiger charge is -2.38. The van der Waals surface area contributed by atoms with Gasteiger partial charge < -0.3 is 14.8 Å². The van der Waals surface area contributed by atoms with Gasteiger partial charge in [0.1, 0.15) is 0 Å². The molecule has 2 rings (SSSR count). The van der Waals surface area contributed by atoms with E-state index in [1.54, 1.807) is 0 Å². The fourth-order valence-corrected chi connectivity index (χ4v) is 3.59. The summed E-state index contributed by atoms with van der Waals surface area (Å²) in [4.78, 5) is 0. The second-order valence-electron chi connectivity index (χ2n) is 5.25. The van der Waals surface area contributed by atoms with Crippen molar-refractivity contribution in [1.82, 2.24) is 5.32 Å². The molecule has 3 atom stereocenters. The van der Waals surface area contributed by atoms with Crippen molar-refractivity contribution in [3.05, 3.63) is 0 Å². The lowest BCUT2D eigenvalue weighted by molar-refractivity contribution is -0.0901. The first-order valence-corrected chi connectivity index (χ1v) is 8.14. The van der Waals surface area contributed by atoms with Crippen LogP contribution in [0.15, 0.2) is 0 Å². The number of hydrogen-bond acceptors (Lipinski definition) is 4. The lowest BCUT2D eigenvalue weighted by atomic mass is 9.89. The Labute approximate surface area is 109 Å². The Morgan fingerprint density at radius 1 is 1.47 bits per heavy atom. The highest BCUT2D eigenvalue weighted by molar-refractivity contribution is 7.98. The Morgan fingerprint density at radius 3 is 3.00 bits per heavy atom. The van der Waals surface area contributed by atoms with Crippen LogP contribution < -0.4 is 5.32 Å². The van der Waals surface area contributed by atoms with Gasteiger partial charge in [-0.05, 0) is 25.5 Å². The van der Waals surface area contributed by atoms with E-state index >= 15 is 0 Å². The molecule has 1 N–H and O–H groups in total. The molecule has 17 heavy (non-hydrogen) atoms. The fourth-order valence-electron chi connectivity index (χ4n) is 2.85. The number of hydrogen-bond donors (Lipinski definition) is 1. The maximum atomic E-state index is 5.96. The molecule has 0 aromatic rings. The molecule has 0 radical (unpaired) electrons. The molecular formula is C13H25NO2S. The van der Waals surface area contributed by atoms with Gasteiger partial charge in [0.25, 0.3) is 0 Å². The van der Waals surface area contributed by atoms with E-state index in [0.29, 0.717) is 12.1 Å². The average molecular weight is 259 g/mol. The lowest BCUT2D eigenvalue weighted by Crippen LogP contribution is -2.50. The van der Waals surface area contributed by atoms with Gasteiger partial charge in [-0.2, -0.15) is 11.8 Å². The molecule has 0 amide bonds. The van der Waals surface area contributed by atoms with E-state index in [4.69, 9.17) is 9.47 Å². The van der Waals surface area contributed by atoms with Crippen molar-refractivity contribution < 1.29 is 9.47 Å². The zero-order valence-corrected chi connectivity index (χ0v) is 11.9. The van der Waals surface area contributed by atoms with E-state index in [2.05, 4.69) is 18.5 Å². The molecule has 2 aliphatic rings. The van der Waals surface area contributed by atoms with E-state index in [9.17, 15) is 0 Å². The minimum absolute atomic E-state index is 0.0353. The van der Waals surface area contributed by atoms with Gasteiger partial charge in [0.05, 0.1) is 12.2 Å². The minimum atomic E-state index is 0.0353. The van der Waals surface area contributed by atoms with Gasteiger partial charge in [-0.1, -0.05) is 6.92 Å². The highest BCUT2D eigenvalue weighted by Crippen LogP contribution is 2.33. The number of rotatable bonds is 5. The summed E-state index contributed by atoms with van der Waals surface area (Å²) >= 11 is 1.93. The average Bonchev–Trinajstić information content (AvgIpc) is 2.77. The van der Waals surface area contributed by atoms with Gasteiger partial charge in [-0.15, -0.1) is 0 Å². The summed E-state index contributed by atoms with van der Waals surface area (Å²) in [6.07, 6.45) is 6.73. The molecule has 0 bridgehead atoms. The molecule has 100 valence electrons. The first-order chi connectivity index (χ1) is 8.28. The van der Waals surface area contributed by atoms with E-state index in [1.807, 2.05) is 11.8 Å². The van der Waals surface area contributed by atoms with E-state index in [1.165, 1.54) is 12.2 Å². The van der Waals surface area contributed by atoms with Crippen LogP contribution in [0.3, 0.4) is 0 Å². The zero-order valence-electron chi connectivity index (χ0n) is 11.0. The largest absolute Gasteiger partial charge is 0.378 e. The van der Waals surface area contributed by atoms with Crippen LogP contribution in [-0.4, -0.2) is 49.5 Å². The molecule has 4 heteroatoms. The van der Waals surface area contributed by atoms with Gasteiger partial charge in [0.2, 0.25) is 0 Å². The highest BCUT2D eigenvalue weighted by atomic mass is 32.2. The topological polar surface area (TPSA) is 30.5 Å². The summed E-state index contributed by atoms with van der Waals surface area (Å²) in [5.41, 5.74) is 0.0353. The first kappa shape index (κ1) is 13.7. The third-order valence-electron chi connectivity index (χ3n) is 3.89. The summed E-state index contributed by atoms with van der Waals surface area (Å²) < 4.78 is 11.5. The summed E-state index contributed by atoms with van der Waals surface area (Å²) in [6, 6.07) is 1.26.